The van der Waals surface area contributed by atoms with Crippen molar-refractivity contribution in [2.24, 2.45) is 17.4 Å². The van der Waals surface area contributed by atoms with Gasteiger partial charge in [0, 0.05) is 41.2 Å². The number of anilines is 1. The average molecular weight is 1740 g/mol. The number of para-hydroxylation sites is 2. The van der Waals surface area contributed by atoms with Crippen molar-refractivity contribution < 1.29 is 126 Å². The lowest BCUT2D eigenvalue weighted by Gasteiger charge is -2.30. The predicted octanol–water partition coefficient (Wildman–Crippen LogP) is -7.18. The minimum atomic E-state index is -2.49. The molecule has 49 heteroatoms. The number of nitrogens with two attached hydrogens (primary N) is 3. The minimum absolute atomic E-state index is 0.0190. The lowest BCUT2D eigenvalue weighted by molar-refractivity contribution is -0.156. The van der Waals surface area contributed by atoms with Gasteiger partial charge in [-0.15, -0.1) is 10.2 Å². The molecule has 0 aliphatic carbocycles. The largest absolute Gasteiger partial charge is 0.481 e. The Morgan fingerprint density at radius 2 is 1.19 bits per heavy atom. The molecule has 3 aromatic carbocycles. The lowest BCUT2D eigenvalue weighted by Crippen LogP contribution is -2.62. The third kappa shape index (κ3) is 30.2. The van der Waals surface area contributed by atoms with Gasteiger partial charge in [0.25, 0.3) is 0 Å². The van der Waals surface area contributed by atoms with E-state index in [2.05, 4.69) is 73.6 Å². The highest BCUT2D eigenvalue weighted by Crippen LogP contribution is 2.24. The van der Waals surface area contributed by atoms with Crippen LogP contribution in [0.1, 0.15) is 99.4 Å². The van der Waals surface area contributed by atoms with E-state index in [1.54, 1.807) is 36.4 Å². The Morgan fingerprint density at radius 3 is 1.81 bits per heavy atom. The lowest BCUT2D eigenvalue weighted by atomic mass is 9.96. The highest BCUT2D eigenvalue weighted by Gasteiger charge is 2.41. The Bertz CT molecular complexity index is 4750. The van der Waals surface area contributed by atoms with Gasteiger partial charge < -0.3 is 122 Å². The van der Waals surface area contributed by atoms with Gasteiger partial charge in [0.2, 0.25) is 82.7 Å². The number of fused-ring (bicyclic) bond motifs is 1. The number of nitrogens with one attached hydrogen (secondary N) is 14. The smallest absolute Gasteiger partial charge is 0.329 e. The van der Waals surface area contributed by atoms with Crippen LogP contribution in [0.2, 0.25) is 10.0 Å². The van der Waals surface area contributed by atoms with Gasteiger partial charge >= 0.3 is 29.8 Å². The van der Waals surface area contributed by atoms with Gasteiger partial charge in [0.15, 0.2) is 11.6 Å². The number of ether oxygens (including phenoxy) is 1. The normalized spacial score (nSPS) is 20.7. The molecule has 0 saturated carbocycles. The molecule has 1 fully saturated rings. The molecule has 121 heavy (non-hydrogen) atoms. The van der Waals surface area contributed by atoms with E-state index in [0.717, 1.165) is 25.6 Å². The van der Waals surface area contributed by atoms with Crippen LogP contribution in [0.3, 0.4) is 0 Å². The fourth-order valence-electron chi connectivity index (χ4n) is 11.8. The van der Waals surface area contributed by atoms with E-state index in [9.17, 15) is 121 Å². The van der Waals surface area contributed by atoms with E-state index >= 15 is 0 Å². The van der Waals surface area contributed by atoms with Gasteiger partial charge in [0.05, 0.1) is 74.8 Å². The van der Waals surface area contributed by atoms with E-state index < -0.39 is 268 Å². The molecule has 1 aliphatic rings. The number of hydrogen-bond acceptors (Lipinski definition) is 27. The third-order valence-electron chi connectivity index (χ3n) is 18.0. The number of primary amides is 1. The molecule has 6 rings (SSSR count). The number of rotatable bonds is 31. The van der Waals surface area contributed by atoms with Gasteiger partial charge in [-0.05, 0) is 85.8 Å². The molecule has 0 bridgehead atoms. The molecule has 3 heterocycles. The van der Waals surface area contributed by atoms with Crippen LogP contribution in [0.25, 0.3) is 10.9 Å². The number of H-pyrrole nitrogens is 1. The molecule has 652 valence electrons. The number of cyclic esters (lactones) is 1. The maximum atomic E-state index is 14.9. The number of nitrogen functional groups attached to an aromatic ring is 1. The van der Waals surface area contributed by atoms with Crippen molar-refractivity contribution in [1.29, 1.82) is 0 Å². The Morgan fingerprint density at radius 1 is 0.612 bits per heavy atom. The number of tetrazole rings is 1. The zero-order chi connectivity index (χ0) is 89.6. The maximum Gasteiger partial charge on any atom is 0.329 e. The number of aliphatic hydroxyl groups is 1. The van der Waals surface area contributed by atoms with Gasteiger partial charge in [-0.3, -0.25) is 91.1 Å². The van der Waals surface area contributed by atoms with Crippen LogP contribution in [0, 0.1) is 5.92 Å². The Hall–Kier alpha value is -13.8. The van der Waals surface area contributed by atoms with Gasteiger partial charge in [-0.1, -0.05) is 66.5 Å². The molecule has 1 aliphatic heterocycles. The first-order valence-corrected chi connectivity index (χ1v) is 37.6. The quantitative estimate of drug-likeness (QED) is 0.0111. The number of aromatic nitrogens is 5. The second-order valence-electron chi connectivity index (χ2n) is 27.5. The SMILES string of the molecule is CC1NC(=O)C(CC(=O)O)NC(=O)C(CCCN)NC(=O)CNC(=O)C(NC(=O)C(CC(=O)O)NC(=O)C(CC(N)=O)NC(=O)C(Cc2c[nH]c3ccccc23)NC(=O)Cc2nnn(Cc3ccc(Cl)c(Cl)c3)n2)C(C)OC(=O)C(CC(=O)c2ccccc2N)NC(=O)C(C(C)CC(=O)O)NC(=O)C(CO)NC(=O)CNC(=O)C(CC(=O)O)NC1=O. The van der Waals surface area contributed by atoms with Crippen molar-refractivity contribution in [3.8, 4) is 0 Å². The van der Waals surface area contributed by atoms with Crippen molar-refractivity contribution in [3.63, 3.8) is 0 Å². The summed E-state index contributed by atoms with van der Waals surface area (Å²) in [4.78, 5) is 278. The van der Waals surface area contributed by atoms with Gasteiger partial charge in [0.1, 0.15) is 72.6 Å². The van der Waals surface area contributed by atoms with Crippen LogP contribution < -0.4 is 86.3 Å². The van der Waals surface area contributed by atoms with Crippen molar-refractivity contribution in [2.75, 3.05) is 32.0 Å². The molecule has 47 nitrogen and oxygen atoms in total. The fourth-order valence-corrected chi connectivity index (χ4v) is 12.2. The monoisotopic (exact) mass is 1730 g/mol. The number of aliphatic hydroxyl groups excluding tert-OH is 1. The summed E-state index contributed by atoms with van der Waals surface area (Å²) in [7, 11) is 0. The van der Waals surface area contributed by atoms with Crippen LogP contribution in [0.4, 0.5) is 5.69 Å². The molecular weight excluding hydrogens is 1650 g/mol. The Kier molecular flexibility index (Phi) is 36.3. The van der Waals surface area contributed by atoms with E-state index in [-0.39, 0.29) is 53.1 Å². The standard InChI is InChI=1S/C72H89Cl2N21O26/c1-31(17-56(102)103)60-71(119)89-48(20-50(97)37-10-4-6-11-40(37)76)72(120)121-33(3)61(70(118)80-28-54(100)82-42(13-8-16-75)64(112)87-46(23-58(106)107)65(113)81-32(2)62(110)85-45(22-57(104)105)63(111)79-27-55(101)84-49(30-96)69(117)90-60)91-68(116)47(24-59(108)109)88-67(115)44(21-51(77)98)86-66(114)43(19-35-26-78-41-12-7-5-9-36(35)41)83-53(99)25-52-92-94-95(93-52)29-34-14-15-38(73)39(74)18-34/h4-7,9-12,14-15,18,26,31-33,42-49,60-61,78,96H,8,13,16-17,19-25,27-30,75-76H2,1-3H3,(H2,77,98)(H,79,111)(H,80,118)(H,81,113)(H,82,100)(H,83,99)(H,84,101)(H,85,110)(H,86,114)(H,87,112)(H,88,115)(H,89,119)(H,90,117)(H,91,116)(H,102,103)(H,104,105)(H,106,107)(H,108,109). The van der Waals surface area contributed by atoms with Gasteiger partial charge in [-0.25, -0.2) is 4.79 Å². The topological polar surface area (TPSA) is 746 Å². The van der Waals surface area contributed by atoms with Crippen molar-refractivity contribution >= 4 is 158 Å². The zero-order valence-corrected chi connectivity index (χ0v) is 66.1. The molecule has 0 radical (unpaired) electrons. The van der Waals surface area contributed by atoms with Crippen LogP contribution in [0.5, 0.6) is 0 Å². The summed E-state index contributed by atoms with van der Waals surface area (Å²) in [6.07, 6.45) is -9.37. The predicted molar refractivity (Wildman–Crippen MR) is 415 cm³/mol. The summed E-state index contributed by atoms with van der Waals surface area (Å²) >= 11 is 12.2. The number of benzene rings is 3. The van der Waals surface area contributed by atoms with E-state index in [0.29, 0.717) is 22.0 Å². The number of nitrogens with zero attached hydrogens (tertiary/aromatic N) is 4. The number of aliphatic carboxylic acids is 4. The van der Waals surface area contributed by atoms with E-state index in [1.165, 1.54) is 36.5 Å². The van der Waals surface area contributed by atoms with Crippen LogP contribution in [-0.4, -0.2) is 268 Å². The number of carboxylic acids is 4. The summed E-state index contributed by atoms with van der Waals surface area (Å²) in [5.41, 5.74) is 18.5. The number of carbonyl (C=O) groups is 20. The molecule has 13 unspecified atom stereocenters. The number of Topliss-reactive ketones (excluding diaryl/α,β-unsaturated/α-hetero) is 1. The number of ketones is 1. The molecule has 14 amide bonds. The molecule has 5 aromatic rings. The molecule has 25 N–H and O–H groups in total. The van der Waals surface area contributed by atoms with E-state index in [1.807, 2.05) is 16.0 Å². The number of carbonyl (C=O) groups excluding carboxylic acids is 16. The summed E-state index contributed by atoms with van der Waals surface area (Å²) in [5, 5.41) is 90.9. The minimum Gasteiger partial charge on any atom is -0.481 e. The molecule has 2 aromatic heterocycles. The second-order valence-corrected chi connectivity index (χ2v) is 28.4. The second kappa shape index (κ2) is 45.8. The number of esters is 1. The number of hydrogen-bond donors (Lipinski definition) is 22. The molecular formula is C72H89Cl2N21O26. The summed E-state index contributed by atoms with van der Waals surface area (Å²) in [6, 6.07) is -6.59. The number of halogens is 2. The maximum absolute atomic E-state index is 14.9. The zero-order valence-electron chi connectivity index (χ0n) is 64.6. The first-order chi connectivity index (χ1) is 57.1. The summed E-state index contributed by atoms with van der Waals surface area (Å²) in [6.45, 7) is -1.05. The van der Waals surface area contributed by atoms with Crippen LogP contribution >= 0.6 is 23.2 Å². The molecule has 1 saturated heterocycles. The third-order valence-corrected chi connectivity index (χ3v) is 18.7. The van der Waals surface area contributed by atoms with E-state index in [4.69, 9.17) is 45.1 Å². The Labute approximate surface area is 694 Å². The Balaban J connectivity index is 1.39. The van der Waals surface area contributed by atoms with Crippen molar-refractivity contribution in [3.05, 3.63) is 105 Å². The van der Waals surface area contributed by atoms with Crippen LogP contribution in [-0.2, 0) is 115 Å². The summed E-state index contributed by atoms with van der Waals surface area (Å²) in [5.74, 6) is -30.8. The van der Waals surface area contributed by atoms with Crippen molar-refractivity contribution in [2.45, 2.75) is 164 Å². The first kappa shape index (κ1) is 96.0. The highest BCUT2D eigenvalue weighted by molar-refractivity contribution is 6.42. The van der Waals surface area contributed by atoms with Gasteiger partial charge in [-0.2, -0.15) is 4.80 Å². The molecule has 13 atom stereocenters. The number of carboxylic acid groups (broad SMARTS) is 4. The molecule has 0 spiro atoms. The van der Waals surface area contributed by atoms with Crippen LogP contribution in [0.15, 0.2) is 72.9 Å². The van der Waals surface area contributed by atoms with Crippen molar-refractivity contribution in [1.82, 2.24) is 94.3 Å². The summed E-state index contributed by atoms with van der Waals surface area (Å²) < 4.78 is 5.68. The fraction of sp³-hybridized carbons (Fsp3) is 0.431. The number of amides is 14. The number of aromatic amines is 1. The first-order valence-electron chi connectivity index (χ1n) is 36.8. The average Bonchev–Trinajstić information content (AvgIpc) is 1.73. The highest BCUT2D eigenvalue weighted by atomic mass is 35.5.